The molecule has 27 heavy (non-hydrogen) atoms. The number of nitrogens with one attached hydrogen (secondary N) is 1. The van der Waals surface area contributed by atoms with Gasteiger partial charge in [0.05, 0.1) is 43.6 Å². The molecule has 7 heteroatoms. The lowest BCUT2D eigenvalue weighted by Gasteiger charge is -2.11. The zero-order valence-corrected chi connectivity index (χ0v) is 16.4. The zero-order valence-electron chi connectivity index (χ0n) is 15.6. The summed E-state index contributed by atoms with van der Waals surface area (Å²) in [6.45, 7) is 2.40. The number of amides is 1. The van der Waals surface area contributed by atoms with Crippen molar-refractivity contribution in [2.24, 2.45) is 0 Å². The van der Waals surface area contributed by atoms with Crippen LogP contribution < -0.4 is 19.5 Å². The minimum atomic E-state index is -0.193. The highest BCUT2D eigenvalue weighted by Crippen LogP contribution is 2.26. The Labute approximate surface area is 163 Å². The molecule has 0 bridgehead atoms. The summed E-state index contributed by atoms with van der Waals surface area (Å²) in [4.78, 5) is 24.6. The van der Waals surface area contributed by atoms with Gasteiger partial charge < -0.3 is 19.5 Å². The first-order chi connectivity index (χ1) is 13.1. The quantitative estimate of drug-likeness (QED) is 0.625. The lowest BCUT2D eigenvalue weighted by molar-refractivity contribution is -0.113. The van der Waals surface area contributed by atoms with Gasteiger partial charge in [-0.25, -0.2) is 0 Å². The Morgan fingerprint density at radius 2 is 1.78 bits per heavy atom. The summed E-state index contributed by atoms with van der Waals surface area (Å²) >= 11 is 1.24. The van der Waals surface area contributed by atoms with Crippen molar-refractivity contribution in [2.45, 2.75) is 6.92 Å². The fraction of sp³-hybridized carbons (Fsp3) is 0.300. The third kappa shape index (κ3) is 5.92. The molecule has 0 fully saturated rings. The monoisotopic (exact) mass is 389 g/mol. The number of hydrogen-bond donors (Lipinski definition) is 1. The van der Waals surface area contributed by atoms with Crippen LogP contribution in [0, 0.1) is 0 Å². The van der Waals surface area contributed by atoms with Crippen molar-refractivity contribution in [3.63, 3.8) is 0 Å². The summed E-state index contributed by atoms with van der Waals surface area (Å²) in [6.07, 6.45) is 0. The van der Waals surface area contributed by atoms with E-state index in [2.05, 4.69) is 5.32 Å². The number of benzene rings is 2. The van der Waals surface area contributed by atoms with Crippen LogP contribution in [0.2, 0.25) is 0 Å². The molecule has 6 nitrogen and oxygen atoms in total. The van der Waals surface area contributed by atoms with Gasteiger partial charge in [-0.05, 0) is 31.2 Å². The first-order valence-corrected chi connectivity index (χ1v) is 9.59. The highest BCUT2D eigenvalue weighted by atomic mass is 32.2. The number of methoxy groups -OCH3 is 2. The van der Waals surface area contributed by atoms with Crippen LogP contribution in [0.3, 0.4) is 0 Å². The summed E-state index contributed by atoms with van der Waals surface area (Å²) in [5.74, 6) is 1.72. The zero-order chi connectivity index (χ0) is 19.6. The molecule has 2 aromatic carbocycles. The van der Waals surface area contributed by atoms with E-state index in [9.17, 15) is 9.59 Å². The van der Waals surface area contributed by atoms with Crippen LogP contribution in [0.25, 0.3) is 0 Å². The normalized spacial score (nSPS) is 10.2. The van der Waals surface area contributed by atoms with Crippen LogP contribution in [-0.4, -0.2) is 44.0 Å². The Morgan fingerprint density at radius 3 is 2.48 bits per heavy atom. The van der Waals surface area contributed by atoms with Gasteiger partial charge in [0.2, 0.25) is 5.91 Å². The molecule has 0 saturated heterocycles. The molecule has 0 aliphatic carbocycles. The lowest BCUT2D eigenvalue weighted by atomic mass is 10.1. The summed E-state index contributed by atoms with van der Waals surface area (Å²) in [6, 6.07) is 12.3. The molecule has 1 N–H and O–H groups in total. The van der Waals surface area contributed by atoms with E-state index in [4.69, 9.17) is 14.2 Å². The summed E-state index contributed by atoms with van der Waals surface area (Å²) in [7, 11) is 3.05. The fourth-order valence-electron chi connectivity index (χ4n) is 2.38. The molecule has 0 saturated carbocycles. The molecule has 0 spiro atoms. The Morgan fingerprint density at radius 1 is 1.00 bits per heavy atom. The van der Waals surface area contributed by atoms with Crippen molar-refractivity contribution >= 4 is 29.1 Å². The van der Waals surface area contributed by atoms with E-state index in [1.807, 2.05) is 19.1 Å². The third-order valence-electron chi connectivity index (χ3n) is 3.64. The van der Waals surface area contributed by atoms with Crippen LogP contribution in [0.4, 0.5) is 5.69 Å². The van der Waals surface area contributed by atoms with Gasteiger partial charge in [-0.2, -0.15) is 0 Å². The van der Waals surface area contributed by atoms with Gasteiger partial charge in [0.15, 0.2) is 5.78 Å². The predicted molar refractivity (Wildman–Crippen MR) is 107 cm³/mol. The number of ether oxygens (including phenoxy) is 3. The molecule has 2 aromatic rings. The minimum Gasteiger partial charge on any atom is -0.497 e. The van der Waals surface area contributed by atoms with Gasteiger partial charge in [0.25, 0.3) is 0 Å². The Hall–Kier alpha value is -2.67. The van der Waals surface area contributed by atoms with Gasteiger partial charge in [-0.1, -0.05) is 12.1 Å². The number of ketones is 1. The molecular weight excluding hydrogens is 366 g/mol. The maximum atomic E-state index is 12.4. The van der Waals surface area contributed by atoms with Gasteiger partial charge in [-0.15, -0.1) is 11.8 Å². The first kappa shape index (κ1) is 20.6. The van der Waals surface area contributed by atoms with Crippen molar-refractivity contribution in [1.82, 2.24) is 0 Å². The van der Waals surface area contributed by atoms with Gasteiger partial charge in [0.1, 0.15) is 17.2 Å². The number of anilines is 1. The second-order valence-electron chi connectivity index (χ2n) is 5.46. The minimum absolute atomic E-state index is 0.109. The predicted octanol–water partition coefficient (Wildman–Crippen LogP) is 3.66. The highest BCUT2D eigenvalue weighted by molar-refractivity contribution is 8.00. The van der Waals surface area contributed by atoms with Crippen LogP contribution in [0.15, 0.2) is 42.5 Å². The fourth-order valence-corrected chi connectivity index (χ4v) is 3.08. The molecule has 1 amide bonds. The van der Waals surface area contributed by atoms with E-state index < -0.39 is 0 Å². The third-order valence-corrected chi connectivity index (χ3v) is 4.57. The molecule has 0 radical (unpaired) electrons. The van der Waals surface area contributed by atoms with Crippen molar-refractivity contribution in [3.05, 3.63) is 48.0 Å². The standard InChI is InChI=1S/C20H23NO5S/c1-4-26-18-8-6-5-7-16(18)21-20(23)13-27-12-17(22)15-10-9-14(24-2)11-19(15)25-3/h5-11H,4,12-13H2,1-3H3,(H,21,23). The number of carbonyl (C=O) groups excluding carboxylic acids is 2. The average Bonchev–Trinajstić information content (AvgIpc) is 2.69. The second-order valence-corrected chi connectivity index (χ2v) is 6.45. The van der Waals surface area contributed by atoms with E-state index in [1.165, 1.54) is 18.9 Å². The molecule has 0 heterocycles. The molecule has 0 aromatic heterocycles. The molecule has 0 atom stereocenters. The van der Waals surface area contributed by atoms with Crippen LogP contribution in [0.1, 0.15) is 17.3 Å². The molecular formula is C20H23NO5S. The second kappa shape index (κ2) is 10.5. The number of thioether (sulfide) groups is 1. The van der Waals surface area contributed by atoms with Crippen molar-refractivity contribution in [1.29, 1.82) is 0 Å². The summed E-state index contributed by atoms with van der Waals surface area (Å²) in [5.41, 5.74) is 1.08. The topological polar surface area (TPSA) is 73.9 Å². The maximum absolute atomic E-state index is 12.4. The molecule has 0 aliphatic heterocycles. The maximum Gasteiger partial charge on any atom is 0.234 e. The first-order valence-electron chi connectivity index (χ1n) is 8.43. The van der Waals surface area contributed by atoms with Crippen molar-refractivity contribution < 1.29 is 23.8 Å². The smallest absolute Gasteiger partial charge is 0.234 e. The molecule has 0 unspecified atom stereocenters. The van der Waals surface area contributed by atoms with Crippen molar-refractivity contribution in [2.75, 3.05) is 37.6 Å². The Bertz CT molecular complexity index is 794. The summed E-state index contributed by atoms with van der Waals surface area (Å²) < 4.78 is 15.9. The summed E-state index contributed by atoms with van der Waals surface area (Å²) in [5, 5.41) is 2.81. The van der Waals surface area contributed by atoms with Gasteiger partial charge in [0, 0.05) is 6.07 Å². The largest absolute Gasteiger partial charge is 0.497 e. The Balaban J connectivity index is 1.89. The van der Waals surface area contributed by atoms with E-state index in [0.717, 1.165) is 0 Å². The van der Waals surface area contributed by atoms with Crippen LogP contribution in [-0.2, 0) is 4.79 Å². The average molecular weight is 389 g/mol. The number of hydrogen-bond acceptors (Lipinski definition) is 6. The number of rotatable bonds is 10. The van der Waals surface area contributed by atoms with E-state index >= 15 is 0 Å². The Kier molecular flexibility index (Phi) is 8.00. The van der Waals surface area contributed by atoms with Crippen molar-refractivity contribution in [3.8, 4) is 17.2 Å². The molecule has 144 valence electrons. The van der Waals surface area contributed by atoms with E-state index in [-0.39, 0.29) is 23.2 Å². The van der Waals surface area contributed by atoms with E-state index in [0.29, 0.717) is 35.1 Å². The molecule has 0 aliphatic rings. The van der Waals surface area contributed by atoms with Gasteiger partial charge >= 0.3 is 0 Å². The highest BCUT2D eigenvalue weighted by Gasteiger charge is 2.14. The SMILES string of the molecule is CCOc1ccccc1NC(=O)CSCC(=O)c1ccc(OC)cc1OC. The number of para-hydroxylation sites is 2. The molecule has 2 rings (SSSR count). The van der Waals surface area contributed by atoms with Gasteiger partial charge in [-0.3, -0.25) is 9.59 Å². The van der Waals surface area contributed by atoms with Crippen LogP contribution in [0.5, 0.6) is 17.2 Å². The van der Waals surface area contributed by atoms with Crippen LogP contribution >= 0.6 is 11.8 Å². The number of Topliss-reactive ketones (excluding diaryl/α,β-unsaturated/α-hetero) is 1. The number of carbonyl (C=O) groups is 2. The van der Waals surface area contributed by atoms with E-state index in [1.54, 1.807) is 37.4 Å². The lowest BCUT2D eigenvalue weighted by Crippen LogP contribution is -2.16.